The van der Waals surface area contributed by atoms with Gasteiger partial charge in [-0.05, 0) is 48.5 Å². The van der Waals surface area contributed by atoms with Crippen LogP contribution in [-0.4, -0.2) is 15.4 Å². The lowest BCUT2D eigenvalue weighted by atomic mass is 10.2. The van der Waals surface area contributed by atoms with Crippen LogP contribution in [0.2, 0.25) is 0 Å². The largest absolute Gasteiger partial charge is 0.457 e. The summed E-state index contributed by atoms with van der Waals surface area (Å²) >= 11 is 1.55. The number of amides is 2. The van der Waals surface area contributed by atoms with Crippen LogP contribution < -0.4 is 15.4 Å². The maximum absolute atomic E-state index is 12.1. The van der Waals surface area contributed by atoms with Crippen molar-refractivity contribution in [1.29, 1.82) is 5.26 Å². The molecular weight excluding hydrogens is 374 g/mol. The van der Waals surface area contributed by atoms with Crippen LogP contribution in [0, 0.1) is 11.3 Å². The van der Waals surface area contributed by atoms with E-state index in [0.29, 0.717) is 29.3 Å². The number of thiazole rings is 1. The van der Waals surface area contributed by atoms with Crippen molar-refractivity contribution in [2.75, 3.05) is 5.32 Å². The molecule has 28 heavy (non-hydrogen) atoms. The first-order chi connectivity index (χ1) is 13.7. The number of ether oxygens (including phenoxy) is 1. The van der Waals surface area contributed by atoms with Gasteiger partial charge in [0, 0.05) is 23.5 Å². The fourth-order valence-electron chi connectivity index (χ4n) is 2.55. The first-order valence-corrected chi connectivity index (χ1v) is 9.31. The lowest BCUT2D eigenvalue weighted by molar-refractivity contribution is 0.251. The van der Waals surface area contributed by atoms with Gasteiger partial charge in [0.25, 0.3) is 0 Å². The lowest BCUT2D eigenvalue weighted by Gasteiger charge is -2.09. The Morgan fingerprint density at radius 1 is 1.14 bits per heavy atom. The Morgan fingerprint density at radius 2 is 1.86 bits per heavy atom. The zero-order valence-electron chi connectivity index (χ0n) is 14.6. The van der Waals surface area contributed by atoms with Gasteiger partial charge < -0.3 is 15.4 Å². The molecule has 0 aliphatic rings. The number of benzene rings is 2. The Morgan fingerprint density at radius 3 is 2.54 bits per heavy atom. The Hall–Kier alpha value is -3.83. The van der Waals surface area contributed by atoms with Gasteiger partial charge >= 0.3 is 6.03 Å². The summed E-state index contributed by atoms with van der Waals surface area (Å²) < 4.78 is 7.64. The zero-order valence-corrected chi connectivity index (χ0v) is 15.4. The van der Waals surface area contributed by atoms with Gasteiger partial charge in [0.1, 0.15) is 11.5 Å². The lowest BCUT2D eigenvalue weighted by Crippen LogP contribution is -2.28. The van der Waals surface area contributed by atoms with Crippen molar-refractivity contribution in [2.24, 2.45) is 0 Å². The maximum Gasteiger partial charge on any atom is 0.319 e. The van der Waals surface area contributed by atoms with Crippen LogP contribution in [0.5, 0.6) is 11.5 Å². The molecule has 0 fully saturated rings. The molecule has 0 aliphatic carbocycles. The molecule has 8 heteroatoms. The van der Waals surface area contributed by atoms with Gasteiger partial charge in [-0.15, -0.1) is 11.3 Å². The highest BCUT2D eigenvalue weighted by molar-refractivity contribution is 7.15. The van der Waals surface area contributed by atoms with Crippen molar-refractivity contribution in [3.05, 3.63) is 77.6 Å². The van der Waals surface area contributed by atoms with Crippen molar-refractivity contribution >= 4 is 28.0 Å². The third-order valence-corrected chi connectivity index (χ3v) is 4.68. The molecule has 0 unspecified atom stereocenters. The Bertz CT molecular complexity index is 1110. The predicted octanol–water partition coefficient (Wildman–Crippen LogP) is 4.38. The number of imidazole rings is 1. The van der Waals surface area contributed by atoms with Crippen molar-refractivity contribution < 1.29 is 9.53 Å². The van der Waals surface area contributed by atoms with E-state index in [1.807, 2.05) is 22.2 Å². The van der Waals surface area contributed by atoms with Gasteiger partial charge in [0.15, 0.2) is 4.96 Å². The number of nitrogens with zero attached hydrogens (tertiary/aromatic N) is 3. The number of hydrogen-bond donors (Lipinski definition) is 2. The molecule has 2 aromatic heterocycles. The average molecular weight is 389 g/mol. The number of nitriles is 1. The molecule has 0 radical (unpaired) electrons. The summed E-state index contributed by atoms with van der Waals surface area (Å²) in [6.07, 6.45) is 3.82. The number of carbonyl (C=O) groups excluding carboxylic acids is 1. The Balaban J connectivity index is 1.30. The van der Waals surface area contributed by atoms with Gasteiger partial charge in [0.05, 0.1) is 23.9 Å². The van der Waals surface area contributed by atoms with E-state index < -0.39 is 0 Å². The number of aromatic nitrogens is 2. The molecule has 2 amide bonds. The summed E-state index contributed by atoms with van der Waals surface area (Å²) in [5.74, 6) is 1.27. The van der Waals surface area contributed by atoms with E-state index in [0.717, 1.165) is 10.7 Å². The summed E-state index contributed by atoms with van der Waals surface area (Å²) in [4.78, 5) is 17.4. The van der Waals surface area contributed by atoms with Gasteiger partial charge in [-0.3, -0.25) is 4.40 Å². The highest BCUT2D eigenvalue weighted by atomic mass is 32.1. The minimum atomic E-state index is -0.308. The van der Waals surface area contributed by atoms with E-state index in [4.69, 9.17) is 10.00 Å². The molecule has 138 valence electrons. The molecule has 2 aromatic carbocycles. The molecule has 0 spiro atoms. The van der Waals surface area contributed by atoms with Crippen LogP contribution in [0.1, 0.15) is 11.3 Å². The van der Waals surface area contributed by atoms with Crippen LogP contribution in [-0.2, 0) is 6.54 Å². The fraction of sp³-hybridized carbons (Fsp3) is 0.0500. The van der Waals surface area contributed by atoms with Crippen molar-refractivity contribution in [1.82, 2.24) is 14.7 Å². The van der Waals surface area contributed by atoms with Crippen LogP contribution >= 0.6 is 11.3 Å². The van der Waals surface area contributed by atoms with Gasteiger partial charge in [-0.1, -0.05) is 0 Å². The third kappa shape index (κ3) is 4.11. The predicted molar refractivity (Wildman–Crippen MR) is 107 cm³/mol. The number of anilines is 1. The van der Waals surface area contributed by atoms with E-state index in [9.17, 15) is 4.79 Å². The monoisotopic (exact) mass is 389 g/mol. The standard InChI is InChI=1S/C20H15N5O2S/c21-11-14-1-5-17(6-2-14)27-18-7-3-15(4-8-18)23-19(26)22-12-16-13-25-9-10-28-20(25)24-16/h1-10,13H,12H2,(H2,22,23,26). The number of urea groups is 1. The summed E-state index contributed by atoms with van der Waals surface area (Å²) in [6, 6.07) is 15.6. The van der Waals surface area contributed by atoms with Gasteiger partial charge in [0.2, 0.25) is 0 Å². The van der Waals surface area contributed by atoms with Crippen LogP contribution in [0.15, 0.2) is 66.3 Å². The molecular formula is C20H15N5O2S. The Labute approximate surface area is 164 Å². The fourth-order valence-corrected chi connectivity index (χ4v) is 3.27. The van der Waals surface area contributed by atoms with Crippen molar-refractivity contribution in [3.8, 4) is 17.6 Å². The molecule has 0 atom stereocenters. The van der Waals surface area contributed by atoms with Gasteiger partial charge in [-0.25, -0.2) is 9.78 Å². The molecule has 4 rings (SSSR count). The van der Waals surface area contributed by atoms with Crippen LogP contribution in [0.25, 0.3) is 4.96 Å². The summed E-state index contributed by atoms with van der Waals surface area (Å²) in [7, 11) is 0. The van der Waals surface area contributed by atoms with E-state index >= 15 is 0 Å². The van der Waals surface area contributed by atoms with E-state index in [1.165, 1.54) is 0 Å². The summed E-state index contributed by atoms with van der Waals surface area (Å²) in [6.45, 7) is 0.347. The first kappa shape index (κ1) is 17.6. The molecule has 7 nitrogen and oxygen atoms in total. The molecule has 0 saturated heterocycles. The minimum Gasteiger partial charge on any atom is -0.457 e. The molecule has 0 aliphatic heterocycles. The second-order valence-corrected chi connectivity index (χ2v) is 6.77. The zero-order chi connectivity index (χ0) is 19.3. The number of rotatable bonds is 5. The molecule has 0 bridgehead atoms. The normalized spacial score (nSPS) is 10.4. The number of hydrogen-bond acceptors (Lipinski definition) is 5. The SMILES string of the molecule is N#Cc1ccc(Oc2ccc(NC(=O)NCc3cn4ccsc4n3)cc2)cc1. The minimum absolute atomic E-state index is 0.308. The average Bonchev–Trinajstić information content (AvgIpc) is 3.30. The van der Waals surface area contributed by atoms with Crippen molar-refractivity contribution in [3.63, 3.8) is 0 Å². The second kappa shape index (κ2) is 7.82. The maximum atomic E-state index is 12.1. The summed E-state index contributed by atoms with van der Waals surface area (Å²) in [5, 5.41) is 16.3. The molecule has 2 heterocycles. The highest BCUT2D eigenvalue weighted by Gasteiger charge is 2.06. The van der Waals surface area contributed by atoms with Crippen LogP contribution in [0.4, 0.5) is 10.5 Å². The quantitative estimate of drug-likeness (QED) is 0.530. The first-order valence-electron chi connectivity index (χ1n) is 8.43. The van der Waals surface area contributed by atoms with E-state index in [-0.39, 0.29) is 6.03 Å². The molecule has 0 saturated carbocycles. The van der Waals surface area contributed by atoms with Gasteiger partial charge in [-0.2, -0.15) is 5.26 Å². The molecule has 2 N–H and O–H groups in total. The highest BCUT2D eigenvalue weighted by Crippen LogP contribution is 2.23. The smallest absolute Gasteiger partial charge is 0.319 e. The van der Waals surface area contributed by atoms with Crippen molar-refractivity contribution in [2.45, 2.75) is 6.54 Å². The number of carbonyl (C=O) groups is 1. The van der Waals surface area contributed by atoms with Crippen LogP contribution in [0.3, 0.4) is 0 Å². The topological polar surface area (TPSA) is 91.4 Å². The van der Waals surface area contributed by atoms with E-state index in [2.05, 4.69) is 21.7 Å². The second-order valence-electron chi connectivity index (χ2n) is 5.90. The summed E-state index contributed by atoms with van der Waals surface area (Å²) in [5.41, 5.74) is 2.02. The molecule has 4 aromatic rings. The Kier molecular flexibility index (Phi) is 4.91. The number of nitrogens with one attached hydrogen (secondary N) is 2. The van der Waals surface area contributed by atoms with E-state index in [1.54, 1.807) is 59.9 Å². The number of fused-ring (bicyclic) bond motifs is 1. The third-order valence-electron chi connectivity index (χ3n) is 3.90.